The molecule has 2 nitrogen and oxygen atoms in total. The Kier molecular flexibility index (Phi) is 5.26. The van der Waals surface area contributed by atoms with Crippen LogP contribution in [0.5, 0.6) is 0 Å². The molecule has 1 fully saturated rings. The fourth-order valence-electron chi connectivity index (χ4n) is 2.96. The summed E-state index contributed by atoms with van der Waals surface area (Å²) in [6.45, 7) is 10.5. The van der Waals surface area contributed by atoms with Crippen LogP contribution in [0.15, 0.2) is 24.3 Å². The SMILES string of the molecule is CC(C)CC(C)Nc1ccc(CN2CCCC2)cc1. The van der Waals surface area contributed by atoms with Crippen LogP contribution < -0.4 is 5.32 Å². The number of rotatable bonds is 6. The molecule has 19 heavy (non-hydrogen) atoms. The van der Waals surface area contributed by atoms with Crippen molar-refractivity contribution in [1.29, 1.82) is 0 Å². The van der Waals surface area contributed by atoms with Gasteiger partial charge in [-0.15, -0.1) is 0 Å². The van der Waals surface area contributed by atoms with E-state index in [4.69, 9.17) is 0 Å². The van der Waals surface area contributed by atoms with Gasteiger partial charge in [0, 0.05) is 18.3 Å². The van der Waals surface area contributed by atoms with E-state index in [1.54, 1.807) is 0 Å². The highest BCUT2D eigenvalue weighted by Gasteiger charge is 2.11. The third-order valence-corrected chi connectivity index (χ3v) is 3.80. The molecule has 1 unspecified atom stereocenters. The van der Waals surface area contributed by atoms with Crippen molar-refractivity contribution in [3.8, 4) is 0 Å². The molecule has 0 radical (unpaired) electrons. The second kappa shape index (κ2) is 6.95. The lowest BCUT2D eigenvalue weighted by Gasteiger charge is -2.18. The zero-order valence-corrected chi connectivity index (χ0v) is 12.7. The van der Waals surface area contributed by atoms with Gasteiger partial charge < -0.3 is 5.32 Å². The molecule has 1 saturated heterocycles. The molecular weight excluding hydrogens is 232 g/mol. The molecule has 0 bridgehead atoms. The number of benzene rings is 1. The van der Waals surface area contributed by atoms with Gasteiger partial charge in [0.25, 0.3) is 0 Å². The molecule has 1 aliphatic heterocycles. The maximum atomic E-state index is 3.58. The first kappa shape index (κ1) is 14.4. The predicted octanol–water partition coefficient (Wildman–Crippen LogP) is 4.13. The number of hydrogen-bond donors (Lipinski definition) is 1. The monoisotopic (exact) mass is 260 g/mol. The Balaban J connectivity index is 1.83. The highest BCUT2D eigenvalue weighted by molar-refractivity contribution is 5.45. The van der Waals surface area contributed by atoms with Crippen LogP contribution in [0.1, 0.15) is 45.6 Å². The van der Waals surface area contributed by atoms with E-state index in [0.29, 0.717) is 6.04 Å². The smallest absolute Gasteiger partial charge is 0.0342 e. The zero-order valence-electron chi connectivity index (χ0n) is 12.7. The Bertz CT molecular complexity index is 363. The first-order chi connectivity index (χ1) is 9.13. The highest BCUT2D eigenvalue weighted by atomic mass is 15.1. The summed E-state index contributed by atoms with van der Waals surface area (Å²) in [6, 6.07) is 9.53. The number of likely N-dealkylation sites (tertiary alicyclic amines) is 1. The van der Waals surface area contributed by atoms with Gasteiger partial charge in [-0.3, -0.25) is 4.90 Å². The average Bonchev–Trinajstić information content (AvgIpc) is 2.83. The maximum Gasteiger partial charge on any atom is 0.0342 e. The van der Waals surface area contributed by atoms with Crippen LogP contribution in [-0.4, -0.2) is 24.0 Å². The van der Waals surface area contributed by atoms with Crippen molar-refractivity contribution in [2.75, 3.05) is 18.4 Å². The lowest BCUT2D eigenvalue weighted by atomic mass is 10.0. The van der Waals surface area contributed by atoms with Crippen LogP contribution >= 0.6 is 0 Å². The van der Waals surface area contributed by atoms with E-state index in [2.05, 4.69) is 55.3 Å². The molecule has 1 aliphatic rings. The van der Waals surface area contributed by atoms with Crippen LogP contribution in [0.4, 0.5) is 5.69 Å². The molecule has 1 N–H and O–H groups in total. The van der Waals surface area contributed by atoms with Crippen LogP contribution in [-0.2, 0) is 6.54 Å². The van der Waals surface area contributed by atoms with Crippen molar-refractivity contribution in [1.82, 2.24) is 4.90 Å². The van der Waals surface area contributed by atoms with Crippen molar-refractivity contribution in [3.05, 3.63) is 29.8 Å². The van der Waals surface area contributed by atoms with E-state index in [1.165, 1.54) is 43.6 Å². The van der Waals surface area contributed by atoms with Gasteiger partial charge in [-0.25, -0.2) is 0 Å². The lowest BCUT2D eigenvalue weighted by Crippen LogP contribution is -2.19. The van der Waals surface area contributed by atoms with Gasteiger partial charge >= 0.3 is 0 Å². The van der Waals surface area contributed by atoms with Crippen LogP contribution in [0.3, 0.4) is 0 Å². The van der Waals surface area contributed by atoms with E-state index < -0.39 is 0 Å². The fraction of sp³-hybridized carbons (Fsp3) is 0.647. The molecule has 0 saturated carbocycles. The molecule has 0 aromatic heterocycles. The second-order valence-electron chi connectivity index (χ2n) is 6.36. The van der Waals surface area contributed by atoms with Gasteiger partial charge in [-0.05, 0) is 62.9 Å². The summed E-state index contributed by atoms with van der Waals surface area (Å²) in [5.74, 6) is 0.747. The molecule has 1 aromatic carbocycles. The minimum absolute atomic E-state index is 0.546. The predicted molar refractivity (Wildman–Crippen MR) is 83.5 cm³/mol. The minimum atomic E-state index is 0.546. The van der Waals surface area contributed by atoms with Crippen LogP contribution in [0.2, 0.25) is 0 Å². The summed E-state index contributed by atoms with van der Waals surface area (Å²) < 4.78 is 0. The molecule has 1 heterocycles. The van der Waals surface area contributed by atoms with Gasteiger partial charge in [0.2, 0.25) is 0 Å². The van der Waals surface area contributed by atoms with Gasteiger partial charge in [0.05, 0.1) is 0 Å². The molecule has 0 aliphatic carbocycles. The lowest BCUT2D eigenvalue weighted by molar-refractivity contribution is 0.331. The van der Waals surface area contributed by atoms with Crippen molar-refractivity contribution in [2.24, 2.45) is 5.92 Å². The molecule has 0 spiro atoms. The second-order valence-corrected chi connectivity index (χ2v) is 6.36. The molecule has 2 heteroatoms. The Morgan fingerprint density at radius 3 is 2.26 bits per heavy atom. The minimum Gasteiger partial charge on any atom is -0.383 e. The number of hydrogen-bond acceptors (Lipinski definition) is 2. The Labute approximate surface area is 118 Å². The summed E-state index contributed by atoms with van der Waals surface area (Å²) in [4.78, 5) is 2.55. The Morgan fingerprint density at radius 1 is 1.05 bits per heavy atom. The van der Waals surface area contributed by atoms with Crippen molar-refractivity contribution >= 4 is 5.69 Å². The molecule has 2 rings (SSSR count). The summed E-state index contributed by atoms with van der Waals surface area (Å²) in [7, 11) is 0. The van der Waals surface area contributed by atoms with Crippen molar-refractivity contribution < 1.29 is 0 Å². The third-order valence-electron chi connectivity index (χ3n) is 3.80. The van der Waals surface area contributed by atoms with E-state index >= 15 is 0 Å². The molecule has 1 aromatic rings. The Morgan fingerprint density at radius 2 is 1.68 bits per heavy atom. The molecule has 106 valence electrons. The van der Waals surface area contributed by atoms with E-state index in [0.717, 1.165) is 12.5 Å². The van der Waals surface area contributed by atoms with E-state index in [-0.39, 0.29) is 0 Å². The van der Waals surface area contributed by atoms with Crippen LogP contribution in [0.25, 0.3) is 0 Å². The van der Waals surface area contributed by atoms with Crippen molar-refractivity contribution in [2.45, 2.75) is 52.6 Å². The first-order valence-corrected chi connectivity index (χ1v) is 7.71. The summed E-state index contributed by atoms with van der Waals surface area (Å²) in [5.41, 5.74) is 2.68. The fourth-order valence-corrected chi connectivity index (χ4v) is 2.96. The largest absolute Gasteiger partial charge is 0.383 e. The number of nitrogens with one attached hydrogen (secondary N) is 1. The summed E-state index contributed by atoms with van der Waals surface area (Å²) >= 11 is 0. The maximum absolute atomic E-state index is 3.58. The molecule has 1 atom stereocenters. The third kappa shape index (κ3) is 4.87. The van der Waals surface area contributed by atoms with Gasteiger partial charge in [-0.1, -0.05) is 26.0 Å². The first-order valence-electron chi connectivity index (χ1n) is 7.71. The zero-order chi connectivity index (χ0) is 13.7. The number of anilines is 1. The van der Waals surface area contributed by atoms with Gasteiger partial charge in [0.15, 0.2) is 0 Å². The van der Waals surface area contributed by atoms with Gasteiger partial charge in [0.1, 0.15) is 0 Å². The van der Waals surface area contributed by atoms with E-state index in [9.17, 15) is 0 Å². The highest BCUT2D eigenvalue weighted by Crippen LogP contribution is 2.17. The summed E-state index contributed by atoms with van der Waals surface area (Å²) in [6.07, 6.45) is 3.95. The molecular formula is C17H28N2. The quantitative estimate of drug-likeness (QED) is 0.827. The number of nitrogens with zero attached hydrogens (tertiary/aromatic N) is 1. The van der Waals surface area contributed by atoms with Crippen LogP contribution in [0, 0.1) is 5.92 Å². The Hall–Kier alpha value is -1.02. The van der Waals surface area contributed by atoms with Crippen molar-refractivity contribution in [3.63, 3.8) is 0 Å². The van der Waals surface area contributed by atoms with E-state index in [1.807, 2.05) is 0 Å². The average molecular weight is 260 g/mol. The van der Waals surface area contributed by atoms with Gasteiger partial charge in [-0.2, -0.15) is 0 Å². The molecule has 0 amide bonds. The standard InChI is InChI=1S/C17H28N2/c1-14(2)12-15(3)18-17-8-6-16(7-9-17)13-19-10-4-5-11-19/h6-9,14-15,18H,4-5,10-13H2,1-3H3. The summed E-state index contributed by atoms with van der Waals surface area (Å²) in [5, 5.41) is 3.58. The topological polar surface area (TPSA) is 15.3 Å². The normalized spacial score (nSPS) is 17.9.